The molecule has 1 aromatic carbocycles. The number of benzene rings is 1. The van der Waals surface area contributed by atoms with Crippen molar-refractivity contribution in [3.05, 3.63) is 62.5 Å². The first-order valence-electron chi connectivity index (χ1n) is 5.95. The Morgan fingerprint density at radius 1 is 1.30 bits per heavy atom. The number of carbonyl (C=O) groups is 1. The molecular formula is C14H14ClN3O2. The fourth-order valence-electron chi connectivity index (χ4n) is 1.89. The number of rotatable bonds is 2. The van der Waals surface area contributed by atoms with E-state index in [1.807, 2.05) is 24.5 Å². The molecule has 0 saturated carbocycles. The molecule has 104 valence electrons. The quantitative estimate of drug-likeness (QED) is 0.502. The fraction of sp³-hybridized carbons (Fsp3) is 0.143. The van der Waals surface area contributed by atoms with E-state index in [4.69, 9.17) is 17.4 Å². The van der Waals surface area contributed by atoms with Crippen LogP contribution in [0.1, 0.15) is 21.6 Å². The Morgan fingerprint density at radius 2 is 2.00 bits per heavy atom. The van der Waals surface area contributed by atoms with E-state index in [-0.39, 0.29) is 11.0 Å². The van der Waals surface area contributed by atoms with Crippen LogP contribution in [-0.2, 0) is 0 Å². The molecule has 0 fully saturated rings. The molecule has 1 amide bonds. The van der Waals surface area contributed by atoms with Gasteiger partial charge in [-0.15, -0.1) is 0 Å². The highest BCUT2D eigenvalue weighted by Gasteiger charge is 2.12. The molecule has 0 aliphatic carbocycles. The number of nitrogens with one attached hydrogen (secondary N) is 1. The van der Waals surface area contributed by atoms with Gasteiger partial charge >= 0.3 is 0 Å². The van der Waals surface area contributed by atoms with Crippen LogP contribution in [0.5, 0.6) is 0 Å². The number of pyridine rings is 1. The number of nitrogens with two attached hydrogens (primary N) is 1. The predicted molar refractivity (Wildman–Crippen MR) is 78.2 cm³/mol. The van der Waals surface area contributed by atoms with Gasteiger partial charge in [-0.05, 0) is 31.5 Å². The van der Waals surface area contributed by atoms with E-state index in [0.717, 1.165) is 11.3 Å². The van der Waals surface area contributed by atoms with Crippen molar-refractivity contribution in [2.75, 3.05) is 0 Å². The maximum atomic E-state index is 11.8. The van der Waals surface area contributed by atoms with Gasteiger partial charge in [0.1, 0.15) is 5.56 Å². The molecular weight excluding hydrogens is 278 g/mol. The van der Waals surface area contributed by atoms with Gasteiger partial charge in [-0.1, -0.05) is 17.7 Å². The lowest BCUT2D eigenvalue weighted by atomic mass is 10.2. The van der Waals surface area contributed by atoms with Crippen LogP contribution in [0.2, 0.25) is 5.02 Å². The summed E-state index contributed by atoms with van der Waals surface area (Å²) in [5.74, 6) is 4.45. The second-order valence-corrected chi connectivity index (χ2v) is 4.88. The summed E-state index contributed by atoms with van der Waals surface area (Å²) >= 11 is 6.10. The maximum Gasteiger partial charge on any atom is 0.270 e. The van der Waals surface area contributed by atoms with E-state index in [1.54, 1.807) is 17.6 Å². The average Bonchev–Trinajstić information content (AvgIpc) is 2.41. The molecule has 0 spiro atoms. The number of hydrogen-bond acceptors (Lipinski definition) is 3. The number of aromatic nitrogens is 1. The molecule has 0 bridgehead atoms. The molecule has 5 nitrogen and oxygen atoms in total. The van der Waals surface area contributed by atoms with Gasteiger partial charge in [0.05, 0.1) is 0 Å². The summed E-state index contributed by atoms with van der Waals surface area (Å²) in [7, 11) is 0. The van der Waals surface area contributed by atoms with Crippen molar-refractivity contribution in [3.8, 4) is 5.69 Å². The third-order valence-electron chi connectivity index (χ3n) is 3.05. The van der Waals surface area contributed by atoms with Crippen LogP contribution >= 0.6 is 11.6 Å². The Bertz CT molecular complexity index is 738. The minimum Gasteiger partial charge on any atom is -0.320 e. The SMILES string of the molecule is Cc1ccc(-n2cc(C(=O)NN)c(=O)cc2C)cc1Cl. The number of carbonyl (C=O) groups excluding carboxylic acids is 1. The van der Waals surface area contributed by atoms with Gasteiger partial charge in [0.2, 0.25) is 0 Å². The first kappa shape index (κ1) is 14.3. The molecule has 0 saturated heterocycles. The van der Waals surface area contributed by atoms with Crippen LogP contribution in [0.4, 0.5) is 0 Å². The van der Waals surface area contributed by atoms with Crippen molar-refractivity contribution in [1.29, 1.82) is 0 Å². The molecule has 1 aromatic heterocycles. The minimum absolute atomic E-state index is 0.0187. The lowest BCUT2D eigenvalue weighted by Crippen LogP contribution is -2.34. The van der Waals surface area contributed by atoms with Gasteiger partial charge in [0.15, 0.2) is 5.43 Å². The Hall–Kier alpha value is -2.11. The second kappa shape index (κ2) is 5.48. The topological polar surface area (TPSA) is 77.1 Å². The Morgan fingerprint density at radius 3 is 2.60 bits per heavy atom. The second-order valence-electron chi connectivity index (χ2n) is 4.47. The summed E-state index contributed by atoms with van der Waals surface area (Å²) in [6.07, 6.45) is 1.46. The van der Waals surface area contributed by atoms with Gasteiger partial charge in [-0.25, -0.2) is 5.84 Å². The van der Waals surface area contributed by atoms with E-state index < -0.39 is 5.91 Å². The highest BCUT2D eigenvalue weighted by molar-refractivity contribution is 6.31. The fourth-order valence-corrected chi connectivity index (χ4v) is 2.06. The summed E-state index contributed by atoms with van der Waals surface area (Å²) < 4.78 is 1.72. The van der Waals surface area contributed by atoms with E-state index in [2.05, 4.69) is 0 Å². The first-order valence-corrected chi connectivity index (χ1v) is 6.32. The van der Waals surface area contributed by atoms with Crippen molar-refractivity contribution in [1.82, 2.24) is 9.99 Å². The molecule has 20 heavy (non-hydrogen) atoms. The molecule has 0 aliphatic heterocycles. The van der Waals surface area contributed by atoms with Gasteiger partial charge in [0, 0.05) is 28.7 Å². The summed E-state index contributed by atoms with van der Waals surface area (Å²) in [5, 5.41) is 0.616. The summed E-state index contributed by atoms with van der Waals surface area (Å²) in [4.78, 5) is 23.4. The van der Waals surface area contributed by atoms with Crippen LogP contribution in [-0.4, -0.2) is 10.5 Å². The summed E-state index contributed by atoms with van der Waals surface area (Å²) in [5.41, 5.74) is 3.99. The molecule has 1 heterocycles. The highest BCUT2D eigenvalue weighted by atomic mass is 35.5. The molecule has 0 aliphatic rings. The lowest BCUT2D eigenvalue weighted by molar-refractivity contribution is 0.0952. The van der Waals surface area contributed by atoms with Crippen molar-refractivity contribution < 1.29 is 4.79 Å². The molecule has 0 unspecified atom stereocenters. The zero-order chi connectivity index (χ0) is 14.9. The normalized spacial score (nSPS) is 10.4. The molecule has 3 N–H and O–H groups in total. The number of amides is 1. The van der Waals surface area contributed by atoms with Crippen LogP contribution in [0, 0.1) is 13.8 Å². The Labute approximate surface area is 120 Å². The van der Waals surface area contributed by atoms with E-state index in [9.17, 15) is 9.59 Å². The predicted octanol–water partition coefficient (Wildman–Crippen LogP) is 1.71. The van der Waals surface area contributed by atoms with Crippen LogP contribution in [0.15, 0.2) is 35.3 Å². The maximum absolute atomic E-state index is 11.8. The van der Waals surface area contributed by atoms with Crippen LogP contribution in [0.3, 0.4) is 0 Å². The number of hydrogen-bond donors (Lipinski definition) is 2. The highest BCUT2D eigenvalue weighted by Crippen LogP contribution is 2.20. The van der Waals surface area contributed by atoms with Crippen molar-refractivity contribution in [3.63, 3.8) is 0 Å². The first-order chi connectivity index (χ1) is 9.43. The van der Waals surface area contributed by atoms with Gasteiger partial charge < -0.3 is 4.57 Å². The van der Waals surface area contributed by atoms with E-state index >= 15 is 0 Å². The summed E-state index contributed by atoms with van der Waals surface area (Å²) in [6.45, 7) is 3.68. The average molecular weight is 292 g/mol. The molecule has 2 rings (SSSR count). The lowest BCUT2D eigenvalue weighted by Gasteiger charge is -2.13. The number of halogens is 1. The van der Waals surface area contributed by atoms with Gasteiger partial charge in [-0.2, -0.15) is 0 Å². The third-order valence-corrected chi connectivity index (χ3v) is 3.46. The van der Waals surface area contributed by atoms with Crippen LogP contribution < -0.4 is 16.7 Å². The Balaban J connectivity index is 2.64. The van der Waals surface area contributed by atoms with Crippen molar-refractivity contribution in [2.45, 2.75) is 13.8 Å². The van der Waals surface area contributed by atoms with Gasteiger partial charge in [-0.3, -0.25) is 15.0 Å². The third kappa shape index (κ3) is 2.59. The monoisotopic (exact) mass is 291 g/mol. The van der Waals surface area contributed by atoms with Gasteiger partial charge in [0.25, 0.3) is 5.91 Å². The number of nitrogens with zero attached hydrogens (tertiary/aromatic N) is 1. The summed E-state index contributed by atoms with van der Waals surface area (Å²) in [6, 6.07) is 6.90. The number of hydrazine groups is 1. The number of nitrogen functional groups attached to an aromatic ring is 1. The molecule has 2 aromatic rings. The van der Waals surface area contributed by atoms with Crippen molar-refractivity contribution in [2.24, 2.45) is 5.84 Å². The Kier molecular flexibility index (Phi) is 3.92. The van der Waals surface area contributed by atoms with Crippen molar-refractivity contribution >= 4 is 17.5 Å². The molecule has 0 radical (unpaired) electrons. The number of aryl methyl sites for hydroxylation is 2. The standard InChI is InChI=1S/C14H14ClN3O2/c1-8-3-4-10(6-12(8)15)18-7-11(14(20)17-16)13(19)5-9(18)2/h3-7H,16H2,1-2H3,(H,17,20). The van der Waals surface area contributed by atoms with Crippen LogP contribution in [0.25, 0.3) is 5.69 Å². The van der Waals surface area contributed by atoms with E-state index in [1.165, 1.54) is 12.3 Å². The largest absolute Gasteiger partial charge is 0.320 e. The smallest absolute Gasteiger partial charge is 0.270 e. The van der Waals surface area contributed by atoms with E-state index in [0.29, 0.717) is 10.7 Å². The molecule has 0 atom stereocenters. The minimum atomic E-state index is -0.623. The zero-order valence-corrected chi connectivity index (χ0v) is 11.9. The zero-order valence-electron chi connectivity index (χ0n) is 11.1. The molecule has 6 heteroatoms.